The molecule has 0 aliphatic carbocycles. The summed E-state index contributed by atoms with van der Waals surface area (Å²) in [6.07, 6.45) is 7.04. The van der Waals surface area contributed by atoms with Gasteiger partial charge in [-0.1, -0.05) is 24.1 Å². The number of terminal acetylenes is 1. The standard InChI is InChI=1S/C19H20BrN3O2S2/c1-2-10-22-19(15-27(24,25)16-7-4-3-5-8-16)23-12-13-26-14-18-17(20)9-6-11-21-18/h1,3-9,11,15,22-23H,10,12-14H2. The minimum absolute atomic E-state index is 0.233. The maximum absolute atomic E-state index is 12.5. The van der Waals surface area contributed by atoms with E-state index in [0.29, 0.717) is 12.4 Å². The van der Waals surface area contributed by atoms with Crippen molar-refractivity contribution in [3.05, 3.63) is 70.1 Å². The van der Waals surface area contributed by atoms with E-state index in [0.717, 1.165) is 21.7 Å². The normalized spacial score (nSPS) is 11.6. The van der Waals surface area contributed by atoms with Crippen LogP contribution in [-0.2, 0) is 15.6 Å². The summed E-state index contributed by atoms with van der Waals surface area (Å²) >= 11 is 5.18. The highest BCUT2D eigenvalue weighted by atomic mass is 79.9. The largest absolute Gasteiger partial charge is 0.370 e. The number of pyridine rings is 1. The molecule has 8 heteroatoms. The van der Waals surface area contributed by atoms with Crippen LogP contribution in [0.15, 0.2) is 69.3 Å². The van der Waals surface area contributed by atoms with E-state index >= 15 is 0 Å². The van der Waals surface area contributed by atoms with E-state index in [4.69, 9.17) is 6.42 Å². The summed E-state index contributed by atoms with van der Waals surface area (Å²) in [6.45, 7) is 0.819. The van der Waals surface area contributed by atoms with Gasteiger partial charge >= 0.3 is 0 Å². The number of hydrogen-bond acceptors (Lipinski definition) is 6. The van der Waals surface area contributed by atoms with Gasteiger partial charge in [0.1, 0.15) is 5.82 Å². The summed E-state index contributed by atoms with van der Waals surface area (Å²) in [5.74, 6) is 4.38. The maximum atomic E-state index is 12.5. The van der Waals surface area contributed by atoms with Gasteiger partial charge in [-0.05, 0) is 40.2 Å². The number of sulfone groups is 1. The number of rotatable bonds is 10. The van der Waals surface area contributed by atoms with Crippen molar-refractivity contribution >= 4 is 37.5 Å². The second-order valence-electron chi connectivity index (χ2n) is 5.36. The molecule has 0 fully saturated rings. The number of nitrogens with one attached hydrogen (secondary N) is 2. The molecule has 1 aromatic heterocycles. The van der Waals surface area contributed by atoms with Crippen LogP contribution < -0.4 is 10.6 Å². The highest BCUT2D eigenvalue weighted by molar-refractivity contribution is 9.10. The van der Waals surface area contributed by atoms with Crippen molar-refractivity contribution in [3.8, 4) is 12.3 Å². The first-order chi connectivity index (χ1) is 13.0. The summed E-state index contributed by atoms with van der Waals surface area (Å²) in [6, 6.07) is 12.1. The van der Waals surface area contributed by atoms with Crippen LogP contribution in [0.25, 0.3) is 0 Å². The van der Waals surface area contributed by atoms with Crippen molar-refractivity contribution in [1.29, 1.82) is 0 Å². The molecule has 0 saturated carbocycles. The van der Waals surface area contributed by atoms with Gasteiger partial charge in [0, 0.05) is 28.7 Å². The molecular formula is C19H20BrN3O2S2. The van der Waals surface area contributed by atoms with E-state index in [1.165, 1.54) is 5.41 Å². The number of nitrogens with zero attached hydrogens (tertiary/aromatic N) is 1. The van der Waals surface area contributed by atoms with E-state index in [9.17, 15) is 8.42 Å². The van der Waals surface area contributed by atoms with Crippen molar-refractivity contribution in [2.75, 3.05) is 18.8 Å². The van der Waals surface area contributed by atoms with Gasteiger partial charge in [0.25, 0.3) is 0 Å². The Morgan fingerprint density at radius 2 is 2.00 bits per heavy atom. The molecule has 0 saturated heterocycles. The molecular weight excluding hydrogens is 446 g/mol. The Morgan fingerprint density at radius 1 is 1.22 bits per heavy atom. The van der Waals surface area contributed by atoms with E-state index in [1.54, 1.807) is 48.3 Å². The third-order valence-corrected chi connectivity index (χ3v) is 6.53. The molecule has 0 atom stereocenters. The van der Waals surface area contributed by atoms with Gasteiger partial charge in [0.2, 0.25) is 9.84 Å². The van der Waals surface area contributed by atoms with Crippen LogP contribution >= 0.6 is 27.7 Å². The van der Waals surface area contributed by atoms with Crippen molar-refractivity contribution in [2.24, 2.45) is 0 Å². The van der Waals surface area contributed by atoms with Crippen LogP contribution in [0.1, 0.15) is 5.69 Å². The molecule has 0 radical (unpaired) electrons. The Hall–Kier alpha value is -1.95. The first-order valence-electron chi connectivity index (χ1n) is 8.13. The molecule has 2 aromatic rings. The first-order valence-corrected chi connectivity index (χ1v) is 11.6. The predicted molar refractivity (Wildman–Crippen MR) is 115 cm³/mol. The SMILES string of the molecule is C#CCNC(=CS(=O)(=O)c1ccccc1)NCCSCc1ncccc1Br. The molecule has 2 rings (SSSR count). The third kappa shape index (κ3) is 7.29. The van der Waals surface area contributed by atoms with Crippen molar-refractivity contribution in [2.45, 2.75) is 10.6 Å². The zero-order chi connectivity index (χ0) is 19.5. The fraction of sp³-hybridized carbons (Fsp3) is 0.211. The number of halogens is 1. The summed E-state index contributed by atoms with van der Waals surface area (Å²) in [5, 5.41) is 7.20. The lowest BCUT2D eigenvalue weighted by atomic mass is 10.4. The Kier molecular flexibility index (Phi) is 8.72. The number of benzene rings is 1. The molecule has 0 aliphatic heterocycles. The van der Waals surface area contributed by atoms with E-state index in [-0.39, 0.29) is 11.4 Å². The Bertz CT molecular complexity index is 910. The minimum Gasteiger partial charge on any atom is -0.370 e. The number of aromatic nitrogens is 1. The van der Waals surface area contributed by atoms with Gasteiger partial charge in [0.05, 0.1) is 22.5 Å². The molecule has 0 amide bonds. The summed E-state index contributed by atoms with van der Waals surface area (Å²) < 4.78 is 26.0. The Morgan fingerprint density at radius 3 is 2.70 bits per heavy atom. The highest BCUT2D eigenvalue weighted by Gasteiger charge is 2.12. The fourth-order valence-electron chi connectivity index (χ4n) is 2.08. The molecule has 0 spiro atoms. The second-order valence-corrected chi connectivity index (χ2v) is 9.12. The average molecular weight is 466 g/mol. The van der Waals surface area contributed by atoms with E-state index in [1.807, 2.05) is 12.1 Å². The number of thioether (sulfide) groups is 1. The quantitative estimate of drug-likeness (QED) is 0.414. The highest BCUT2D eigenvalue weighted by Crippen LogP contribution is 2.18. The molecule has 2 N–H and O–H groups in total. The summed E-state index contributed by atoms with van der Waals surface area (Å²) in [4.78, 5) is 4.56. The molecule has 142 valence electrons. The maximum Gasteiger partial charge on any atom is 0.203 e. The smallest absolute Gasteiger partial charge is 0.203 e. The van der Waals surface area contributed by atoms with Crippen LogP contribution in [0.4, 0.5) is 0 Å². The predicted octanol–water partition coefficient (Wildman–Crippen LogP) is 3.16. The van der Waals surface area contributed by atoms with Crippen LogP contribution in [0, 0.1) is 12.3 Å². The molecule has 1 heterocycles. The summed E-state index contributed by atoms with van der Waals surface area (Å²) in [5.41, 5.74) is 0.982. The third-order valence-electron chi connectivity index (χ3n) is 3.36. The molecule has 5 nitrogen and oxygen atoms in total. The van der Waals surface area contributed by atoms with E-state index in [2.05, 4.69) is 37.5 Å². The topological polar surface area (TPSA) is 71.1 Å². The van der Waals surface area contributed by atoms with Gasteiger partial charge in [-0.2, -0.15) is 11.8 Å². The van der Waals surface area contributed by atoms with Gasteiger partial charge in [-0.25, -0.2) is 8.42 Å². The lowest BCUT2D eigenvalue weighted by Crippen LogP contribution is -2.29. The van der Waals surface area contributed by atoms with Crippen LogP contribution in [0.3, 0.4) is 0 Å². The minimum atomic E-state index is -3.56. The van der Waals surface area contributed by atoms with Crippen molar-refractivity contribution in [1.82, 2.24) is 15.6 Å². The fourth-order valence-corrected chi connectivity index (χ4v) is 4.62. The average Bonchev–Trinajstić information content (AvgIpc) is 2.67. The lowest BCUT2D eigenvalue weighted by Gasteiger charge is -2.12. The first kappa shape index (κ1) is 21.4. The molecule has 0 bridgehead atoms. The van der Waals surface area contributed by atoms with Crippen LogP contribution in [0.5, 0.6) is 0 Å². The van der Waals surface area contributed by atoms with Crippen LogP contribution in [0.2, 0.25) is 0 Å². The van der Waals surface area contributed by atoms with Gasteiger partial charge in [-0.15, -0.1) is 6.42 Å². The lowest BCUT2D eigenvalue weighted by molar-refractivity contribution is 0.603. The van der Waals surface area contributed by atoms with Crippen molar-refractivity contribution in [3.63, 3.8) is 0 Å². The van der Waals surface area contributed by atoms with Gasteiger partial charge in [0.15, 0.2) is 0 Å². The molecule has 27 heavy (non-hydrogen) atoms. The molecule has 0 aliphatic rings. The zero-order valence-corrected chi connectivity index (χ0v) is 17.8. The second kappa shape index (κ2) is 11.0. The van der Waals surface area contributed by atoms with E-state index < -0.39 is 9.84 Å². The monoisotopic (exact) mass is 465 g/mol. The summed E-state index contributed by atoms with van der Waals surface area (Å²) in [7, 11) is -3.56. The zero-order valence-electron chi connectivity index (χ0n) is 14.6. The molecule has 0 unspecified atom stereocenters. The Labute approximate surface area is 173 Å². The number of hydrogen-bond donors (Lipinski definition) is 2. The van der Waals surface area contributed by atoms with Gasteiger partial charge in [-0.3, -0.25) is 4.98 Å². The van der Waals surface area contributed by atoms with Gasteiger partial charge < -0.3 is 10.6 Å². The van der Waals surface area contributed by atoms with Crippen LogP contribution in [-0.4, -0.2) is 32.2 Å². The Balaban J connectivity index is 1.92. The molecule has 1 aromatic carbocycles. The van der Waals surface area contributed by atoms with Crippen molar-refractivity contribution < 1.29 is 8.42 Å².